The van der Waals surface area contributed by atoms with Gasteiger partial charge in [-0.2, -0.15) is 13.2 Å². The number of nitrogens with two attached hydrogens (primary N) is 1. The van der Waals surface area contributed by atoms with Crippen LogP contribution in [-0.2, 0) is 23.9 Å². The van der Waals surface area contributed by atoms with Gasteiger partial charge in [-0.15, -0.1) is 12.4 Å². The molecule has 0 spiro atoms. The maximum atomic E-state index is 13.2. The highest BCUT2D eigenvalue weighted by atomic mass is 35.5. The molecular weight excluding hydrogens is 372 g/mol. The summed E-state index contributed by atoms with van der Waals surface area (Å²) in [4.78, 5) is 12.2. The minimum atomic E-state index is -4.53. The fraction of sp³-hybridized carbons (Fsp3) is 0.278. The molecule has 2 aromatic rings. The van der Waals surface area contributed by atoms with Crippen LogP contribution in [0.5, 0.6) is 0 Å². The molecule has 0 bridgehead atoms. The van der Waals surface area contributed by atoms with Crippen molar-refractivity contribution in [3.8, 4) is 0 Å². The van der Waals surface area contributed by atoms with Crippen LogP contribution in [0, 0.1) is 11.7 Å². The van der Waals surface area contributed by atoms with Gasteiger partial charge in [0.2, 0.25) is 5.91 Å². The Labute approximate surface area is 155 Å². The molecule has 3 nitrogen and oxygen atoms in total. The number of carbonyl (C=O) groups excluding carboxylic acids is 1. The predicted molar refractivity (Wildman–Crippen MR) is 94.5 cm³/mol. The molecule has 0 aliphatic heterocycles. The molecule has 26 heavy (non-hydrogen) atoms. The highest BCUT2D eigenvalue weighted by molar-refractivity contribution is 5.92. The summed E-state index contributed by atoms with van der Waals surface area (Å²) in [5.41, 5.74) is 5.48. The first-order valence-corrected chi connectivity index (χ1v) is 7.65. The van der Waals surface area contributed by atoms with Crippen molar-refractivity contribution in [2.24, 2.45) is 11.7 Å². The highest BCUT2D eigenvalue weighted by Gasteiger charge is 2.31. The third-order valence-corrected chi connectivity index (χ3v) is 3.70. The van der Waals surface area contributed by atoms with E-state index in [0.717, 1.165) is 12.1 Å². The maximum absolute atomic E-state index is 13.2. The van der Waals surface area contributed by atoms with E-state index in [1.54, 1.807) is 13.0 Å². The molecule has 1 unspecified atom stereocenters. The summed E-state index contributed by atoms with van der Waals surface area (Å²) < 4.78 is 51.9. The van der Waals surface area contributed by atoms with Gasteiger partial charge in [-0.05, 0) is 47.9 Å². The van der Waals surface area contributed by atoms with Gasteiger partial charge in [0.05, 0.1) is 5.56 Å². The molecule has 0 fully saturated rings. The van der Waals surface area contributed by atoms with Gasteiger partial charge in [0.15, 0.2) is 0 Å². The van der Waals surface area contributed by atoms with E-state index in [1.807, 2.05) is 0 Å². The Morgan fingerprint density at radius 2 is 1.85 bits per heavy atom. The van der Waals surface area contributed by atoms with E-state index in [0.29, 0.717) is 5.56 Å². The van der Waals surface area contributed by atoms with E-state index >= 15 is 0 Å². The molecule has 8 heteroatoms. The van der Waals surface area contributed by atoms with Crippen LogP contribution >= 0.6 is 12.4 Å². The van der Waals surface area contributed by atoms with Crippen LogP contribution in [0.15, 0.2) is 42.5 Å². The number of rotatable bonds is 5. The fourth-order valence-corrected chi connectivity index (χ4v) is 2.42. The minimum Gasteiger partial charge on any atom is -0.326 e. The zero-order valence-electron chi connectivity index (χ0n) is 13.9. The quantitative estimate of drug-likeness (QED) is 0.736. The molecule has 0 aromatic heterocycles. The van der Waals surface area contributed by atoms with Crippen LogP contribution in [0.3, 0.4) is 0 Å². The molecule has 142 valence electrons. The van der Waals surface area contributed by atoms with E-state index in [1.165, 1.54) is 24.3 Å². The Balaban J connectivity index is 0.00000338. The Hall–Kier alpha value is -2.12. The minimum absolute atomic E-state index is 0. The molecule has 0 saturated heterocycles. The third kappa shape index (κ3) is 6.00. The van der Waals surface area contributed by atoms with E-state index < -0.39 is 29.4 Å². The number of alkyl halides is 3. The van der Waals surface area contributed by atoms with E-state index in [9.17, 15) is 22.4 Å². The van der Waals surface area contributed by atoms with Gasteiger partial charge in [-0.1, -0.05) is 19.1 Å². The monoisotopic (exact) mass is 390 g/mol. The van der Waals surface area contributed by atoms with Gasteiger partial charge in [0, 0.05) is 18.2 Å². The second-order valence-electron chi connectivity index (χ2n) is 5.84. The van der Waals surface area contributed by atoms with Crippen molar-refractivity contribution in [1.29, 1.82) is 0 Å². The van der Waals surface area contributed by atoms with Crippen LogP contribution in [-0.4, -0.2) is 5.91 Å². The first kappa shape index (κ1) is 21.9. The summed E-state index contributed by atoms with van der Waals surface area (Å²) >= 11 is 0. The second-order valence-corrected chi connectivity index (χ2v) is 5.84. The van der Waals surface area contributed by atoms with Crippen LogP contribution in [0.1, 0.15) is 23.6 Å². The Morgan fingerprint density at radius 1 is 1.15 bits per heavy atom. The normalized spacial score (nSPS) is 12.2. The van der Waals surface area contributed by atoms with Crippen molar-refractivity contribution in [3.63, 3.8) is 0 Å². The molecule has 1 amide bonds. The Morgan fingerprint density at radius 3 is 2.42 bits per heavy atom. The van der Waals surface area contributed by atoms with Crippen LogP contribution < -0.4 is 11.1 Å². The molecule has 2 aromatic carbocycles. The van der Waals surface area contributed by atoms with E-state index in [2.05, 4.69) is 5.32 Å². The smallest absolute Gasteiger partial charge is 0.326 e. The largest absolute Gasteiger partial charge is 0.416 e. The lowest BCUT2D eigenvalue weighted by molar-refractivity contribution is -0.137. The van der Waals surface area contributed by atoms with Gasteiger partial charge in [0.25, 0.3) is 0 Å². The number of halogens is 5. The number of amides is 1. The zero-order chi connectivity index (χ0) is 18.6. The first-order chi connectivity index (χ1) is 11.7. The summed E-state index contributed by atoms with van der Waals surface area (Å²) in [6.45, 7) is 1.54. The Kier molecular flexibility index (Phi) is 7.59. The zero-order valence-corrected chi connectivity index (χ0v) is 14.8. The summed E-state index contributed by atoms with van der Waals surface area (Å²) in [7, 11) is 0. The molecule has 0 aliphatic rings. The third-order valence-electron chi connectivity index (χ3n) is 3.70. The lowest BCUT2D eigenvalue weighted by Crippen LogP contribution is -2.22. The summed E-state index contributed by atoms with van der Waals surface area (Å²) in [6, 6.07) is 9.06. The van der Waals surface area contributed by atoms with Crippen LogP contribution in [0.25, 0.3) is 0 Å². The molecule has 1 atom stereocenters. The number of hydrogen-bond acceptors (Lipinski definition) is 2. The topological polar surface area (TPSA) is 55.1 Å². The van der Waals surface area contributed by atoms with Crippen molar-refractivity contribution in [1.82, 2.24) is 0 Å². The maximum Gasteiger partial charge on any atom is 0.416 e. The number of anilines is 1. The molecule has 2 rings (SSSR count). The summed E-state index contributed by atoms with van der Waals surface area (Å²) in [5.74, 6) is -1.40. The summed E-state index contributed by atoms with van der Waals surface area (Å²) in [5, 5.41) is 2.48. The van der Waals surface area contributed by atoms with Gasteiger partial charge in [-0.25, -0.2) is 4.39 Å². The number of hydrogen-bond donors (Lipinski definition) is 2. The SMILES string of the molecule is CC(Cc1cccc(F)c1)C(=O)Nc1cc(CN)cc(C(F)(F)F)c1.Cl. The van der Waals surface area contributed by atoms with E-state index in [4.69, 9.17) is 5.73 Å². The molecular formula is C18H19ClF4N2O. The number of nitrogens with one attached hydrogen (secondary N) is 1. The molecule has 0 saturated carbocycles. The standard InChI is InChI=1S/C18H18F4N2O.ClH/c1-11(5-12-3-2-4-15(19)7-12)17(25)24-16-8-13(10-23)6-14(9-16)18(20,21)22;/h2-4,6-9,11H,5,10,23H2,1H3,(H,24,25);1H. The van der Waals surface area contributed by atoms with Gasteiger partial charge >= 0.3 is 6.18 Å². The van der Waals surface area contributed by atoms with Crippen molar-refractivity contribution in [3.05, 3.63) is 65.0 Å². The van der Waals surface area contributed by atoms with Crippen molar-refractivity contribution in [2.45, 2.75) is 26.1 Å². The Bertz CT molecular complexity index is 765. The van der Waals surface area contributed by atoms with Gasteiger partial charge in [-0.3, -0.25) is 4.79 Å². The second kappa shape index (κ2) is 9.00. The molecule has 0 aliphatic carbocycles. The number of benzene rings is 2. The molecule has 0 radical (unpaired) electrons. The number of carbonyl (C=O) groups is 1. The lowest BCUT2D eigenvalue weighted by atomic mass is 10.00. The van der Waals surface area contributed by atoms with Crippen molar-refractivity contribution >= 4 is 24.0 Å². The van der Waals surface area contributed by atoms with Crippen LogP contribution in [0.2, 0.25) is 0 Å². The van der Waals surface area contributed by atoms with Gasteiger partial charge < -0.3 is 11.1 Å². The first-order valence-electron chi connectivity index (χ1n) is 7.65. The molecule has 0 heterocycles. The molecule has 3 N–H and O–H groups in total. The fourth-order valence-electron chi connectivity index (χ4n) is 2.42. The van der Waals surface area contributed by atoms with Crippen molar-refractivity contribution in [2.75, 3.05) is 5.32 Å². The predicted octanol–water partition coefficient (Wildman–Crippen LogP) is 4.54. The lowest BCUT2D eigenvalue weighted by Gasteiger charge is -2.15. The van der Waals surface area contributed by atoms with Crippen LogP contribution in [0.4, 0.5) is 23.2 Å². The van der Waals surface area contributed by atoms with E-state index in [-0.39, 0.29) is 36.6 Å². The highest BCUT2D eigenvalue weighted by Crippen LogP contribution is 2.32. The average molecular weight is 391 g/mol. The van der Waals surface area contributed by atoms with Gasteiger partial charge in [0.1, 0.15) is 5.82 Å². The summed E-state index contributed by atoms with van der Waals surface area (Å²) in [6.07, 6.45) is -4.26. The van der Waals surface area contributed by atoms with Crippen molar-refractivity contribution < 1.29 is 22.4 Å². The average Bonchev–Trinajstić information content (AvgIpc) is 2.53.